The second kappa shape index (κ2) is 9.00. The predicted molar refractivity (Wildman–Crippen MR) is 103 cm³/mol. The minimum atomic E-state index is 0.205. The third-order valence-corrected chi connectivity index (χ3v) is 6.17. The van der Waals surface area contributed by atoms with Gasteiger partial charge in [-0.3, -0.25) is 5.32 Å². The van der Waals surface area contributed by atoms with Gasteiger partial charge in [0.1, 0.15) is 0 Å². The first-order valence-electron chi connectivity index (χ1n) is 10.9. The van der Waals surface area contributed by atoms with E-state index in [2.05, 4.69) is 29.8 Å². The van der Waals surface area contributed by atoms with E-state index in [0.717, 1.165) is 24.4 Å². The summed E-state index contributed by atoms with van der Waals surface area (Å²) in [4.78, 5) is 0. The fourth-order valence-corrected chi connectivity index (χ4v) is 3.93. The first-order valence-corrected chi connectivity index (χ1v) is 10.9. The molecule has 3 saturated carbocycles. The van der Waals surface area contributed by atoms with Gasteiger partial charge in [-0.05, 0) is 64.0 Å². The van der Waals surface area contributed by atoms with E-state index in [9.17, 15) is 0 Å². The molecule has 0 bridgehead atoms. The summed E-state index contributed by atoms with van der Waals surface area (Å²) in [5, 5.41) is 11.8. The van der Waals surface area contributed by atoms with Crippen molar-refractivity contribution < 1.29 is 0 Å². The van der Waals surface area contributed by atoms with Crippen molar-refractivity contribution in [1.29, 1.82) is 0 Å². The Hall–Kier alpha value is -0.120. The molecule has 0 aromatic rings. The van der Waals surface area contributed by atoms with Crippen LogP contribution in [0.1, 0.15) is 90.9 Å². The highest BCUT2D eigenvalue weighted by molar-refractivity contribution is 5.00. The molecule has 2 unspecified atom stereocenters. The summed E-state index contributed by atoms with van der Waals surface area (Å²) < 4.78 is 0. The van der Waals surface area contributed by atoms with Gasteiger partial charge in [0.15, 0.2) is 0 Å². The molecule has 3 nitrogen and oxygen atoms in total. The minimum absolute atomic E-state index is 0.205. The van der Waals surface area contributed by atoms with Crippen molar-refractivity contribution in [3.05, 3.63) is 0 Å². The first-order chi connectivity index (χ1) is 11.7. The summed E-state index contributed by atoms with van der Waals surface area (Å²) in [5.41, 5.74) is 0.205. The van der Waals surface area contributed by atoms with Gasteiger partial charge in [-0.25, -0.2) is 0 Å². The minimum Gasteiger partial charge on any atom is -0.309 e. The molecule has 3 fully saturated rings. The van der Waals surface area contributed by atoms with Crippen LogP contribution in [0.2, 0.25) is 0 Å². The lowest BCUT2D eigenvalue weighted by Crippen LogP contribution is -2.65. The number of hydrogen-bond acceptors (Lipinski definition) is 3. The molecule has 0 spiro atoms. The van der Waals surface area contributed by atoms with E-state index < -0.39 is 0 Å². The van der Waals surface area contributed by atoms with Crippen LogP contribution >= 0.6 is 0 Å². The first kappa shape index (κ1) is 18.7. The molecule has 3 rings (SSSR count). The molecule has 0 aromatic carbocycles. The third-order valence-electron chi connectivity index (χ3n) is 6.17. The third kappa shape index (κ3) is 6.65. The highest BCUT2D eigenvalue weighted by atomic mass is 15.2. The fourth-order valence-electron chi connectivity index (χ4n) is 3.93. The summed E-state index contributed by atoms with van der Waals surface area (Å²) in [5.74, 6) is 2.05. The van der Waals surface area contributed by atoms with Crippen molar-refractivity contribution in [2.45, 2.75) is 109 Å². The van der Waals surface area contributed by atoms with E-state index in [1.54, 1.807) is 0 Å². The van der Waals surface area contributed by atoms with Gasteiger partial charge in [0.05, 0.1) is 6.17 Å². The van der Waals surface area contributed by atoms with Crippen molar-refractivity contribution in [2.75, 3.05) is 13.1 Å². The lowest BCUT2D eigenvalue weighted by molar-refractivity contribution is 0.192. The van der Waals surface area contributed by atoms with E-state index in [1.807, 2.05) is 0 Å². The van der Waals surface area contributed by atoms with E-state index in [0.29, 0.717) is 6.17 Å². The van der Waals surface area contributed by atoms with Crippen molar-refractivity contribution in [1.82, 2.24) is 16.0 Å². The second-order valence-corrected chi connectivity index (χ2v) is 9.11. The molecule has 3 heteroatoms. The van der Waals surface area contributed by atoms with Crippen LogP contribution in [-0.2, 0) is 0 Å². The SMILES string of the molecule is CCCCNC(NC1CC1)C(C)(CC1CC1)NCCCCC1CC1. The number of rotatable bonds is 15. The van der Waals surface area contributed by atoms with Gasteiger partial charge in [-0.15, -0.1) is 0 Å². The van der Waals surface area contributed by atoms with Gasteiger partial charge in [-0.2, -0.15) is 0 Å². The molecule has 140 valence electrons. The average molecular weight is 336 g/mol. The monoisotopic (exact) mass is 335 g/mol. The lowest BCUT2D eigenvalue weighted by Gasteiger charge is -2.40. The van der Waals surface area contributed by atoms with E-state index in [1.165, 1.54) is 83.6 Å². The number of unbranched alkanes of at least 4 members (excludes halogenated alkanes) is 2. The van der Waals surface area contributed by atoms with Gasteiger partial charge in [0, 0.05) is 11.6 Å². The zero-order chi connectivity index (χ0) is 16.8. The molecule has 0 amide bonds. The summed E-state index contributed by atoms with van der Waals surface area (Å²) in [6.45, 7) is 7.09. The van der Waals surface area contributed by atoms with Crippen LogP contribution in [0.3, 0.4) is 0 Å². The summed E-state index contributed by atoms with van der Waals surface area (Å²) >= 11 is 0. The second-order valence-electron chi connectivity index (χ2n) is 9.11. The van der Waals surface area contributed by atoms with E-state index in [-0.39, 0.29) is 5.54 Å². The molecule has 24 heavy (non-hydrogen) atoms. The molecule has 3 N–H and O–H groups in total. The number of nitrogens with one attached hydrogen (secondary N) is 3. The van der Waals surface area contributed by atoms with Crippen molar-refractivity contribution in [3.8, 4) is 0 Å². The molecule has 2 atom stereocenters. The Kier molecular flexibility index (Phi) is 7.00. The van der Waals surface area contributed by atoms with Crippen LogP contribution in [0, 0.1) is 11.8 Å². The number of hydrogen-bond donors (Lipinski definition) is 3. The fraction of sp³-hybridized carbons (Fsp3) is 1.00. The highest BCUT2D eigenvalue weighted by Crippen LogP contribution is 2.38. The highest BCUT2D eigenvalue weighted by Gasteiger charge is 2.40. The summed E-state index contributed by atoms with van der Waals surface area (Å²) in [7, 11) is 0. The van der Waals surface area contributed by atoms with Crippen LogP contribution in [-0.4, -0.2) is 30.8 Å². The summed E-state index contributed by atoms with van der Waals surface area (Å²) in [6.07, 6.45) is 17.2. The molecular formula is C21H41N3. The quantitative estimate of drug-likeness (QED) is 0.310. The average Bonchev–Trinajstić information content (AvgIpc) is 3.40. The molecule has 0 aliphatic heterocycles. The molecule has 0 saturated heterocycles. The molecular weight excluding hydrogens is 294 g/mol. The molecule has 3 aliphatic rings. The Morgan fingerprint density at radius 1 is 0.917 bits per heavy atom. The van der Waals surface area contributed by atoms with Crippen molar-refractivity contribution >= 4 is 0 Å². The van der Waals surface area contributed by atoms with Crippen LogP contribution in [0.15, 0.2) is 0 Å². The Morgan fingerprint density at radius 2 is 1.67 bits per heavy atom. The largest absolute Gasteiger partial charge is 0.309 e. The summed E-state index contributed by atoms with van der Waals surface area (Å²) in [6, 6.07) is 0.763. The van der Waals surface area contributed by atoms with Crippen molar-refractivity contribution in [2.24, 2.45) is 11.8 Å². The lowest BCUT2D eigenvalue weighted by atomic mass is 9.90. The standard InChI is InChI=1S/C21H41N3/c1-3-4-14-22-20(24-19-12-13-19)21(2,16-18-10-11-18)23-15-6-5-7-17-8-9-17/h17-20,22-24H,3-16H2,1-2H3. The Balaban J connectivity index is 1.48. The maximum atomic E-state index is 4.00. The molecule has 0 heterocycles. The Bertz CT molecular complexity index is 360. The van der Waals surface area contributed by atoms with Crippen LogP contribution in [0.25, 0.3) is 0 Å². The maximum Gasteiger partial charge on any atom is 0.0759 e. The van der Waals surface area contributed by atoms with Crippen molar-refractivity contribution in [3.63, 3.8) is 0 Å². The van der Waals surface area contributed by atoms with Gasteiger partial charge in [0.2, 0.25) is 0 Å². The zero-order valence-electron chi connectivity index (χ0n) is 16.2. The maximum absolute atomic E-state index is 4.00. The van der Waals surface area contributed by atoms with Gasteiger partial charge in [-0.1, -0.05) is 51.9 Å². The zero-order valence-corrected chi connectivity index (χ0v) is 16.2. The van der Waals surface area contributed by atoms with E-state index >= 15 is 0 Å². The smallest absolute Gasteiger partial charge is 0.0759 e. The Morgan fingerprint density at radius 3 is 2.29 bits per heavy atom. The van der Waals surface area contributed by atoms with E-state index in [4.69, 9.17) is 0 Å². The van der Waals surface area contributed by atoms with Gasteiger partial charge < -0.3 is 10.6 Å². The topological polar surface area (TPSA) is 36.1 Å². The normalized spacial score (nSPS) is 24.8. The van der Waals surface area contributed by atoms with Gasteiger partial charge in [0.25, 0.3) is 0 Å². The molecule has 0 aromatic heterocycles. The predicted octanol–water partition coefficient (Wildman–Crippen LogP) is 4.18. The molecule has 3 aliphatic carbocycles. The Labute approximate surface area is 150 Å². The van der Waals surface area contributed by atoms with Gasteiger partial charge >= 0.3 is 0 Å². The molecule has 0 radical (unpaired) electrons. The van der Waals surface area contributed by atoms with Crippen LogP contribution in [0.5, 0.6) is 0 Å². The van der Waals surface area contributed by atoms with Crippen LogP contribution < -0.4 is 16.0 Å². The van der Waals surface area contributed by atoms with Crippen LogP contribution in [0.4, 0.5) is 0 Å².